The van der Waals surface area contributed by atoms with Gasteiger partial charge in [0, 0.05) is 49.7 Å². The van der Waals surface area contributed by atoms with E-state index < -0.39 is 17.2 Å². The van der Waals surface area contributed by atoms with Crippen molar-refractivity contribution in [2.24, 2.45) is 5.92 Å². The second kappa shape index (κ2) is 10.0. The molecular weight excluding hydrogens is 519 g/mol. The Morgan fingerprint density at radius 3 is 2.70 bits per heavy atom. The van der Waals surface area contributed by atoms with Gasteiger partial charge in [0.25, 0.3) is 0 Å². The average Bonchev–Trinajstić information content (AvgIpc) is 3.68. The van der Waals surface area contributed by atoms with Crippen LogP contribution >= 0.6 is 0 Å². The van der Waals surface area contributed by atoms with Crippen molar-refractivity contribution in [2.75, 3.05) is 31.6 Å². The molecule has 0 bridgehead atoms. The minimum absolute atomic E-state index is 0.00588. The van der Waals surface area contributed by atoms with Crippen LogP contribution in [0.15, 0.2) is 23.3 Å². The van der Waals surface area contributed by atoms with Crippen LogP contribution in [-0.2, 0) is 13.2 Å². The van der Waals surface area contributed by atoms with E-state index in [4.69, 9.17) is 4.74 Å². The van der Waals surface area contributed by atoms with Gasteiger partial charge in [-0.25, -0.2) is 9.18 Å². The molecule has 2 saturated heterocycles. The number of ether oxygens (including phenoxy) is 1. The van der Waals surface area contributed by atoms with Crippen molar-refractivity contribution >= 4 is 22.6 Å². The van der Waals surface area contributed by atoms with Gasteiger partial charge in [-0.2, -0.15) is 0 Å². The largest absolute Gasteiger partial charge is 0.506 e. The zero-order valence-corrected chi connectivity index (χ0v) is 22.6. The number of aromatic carboxylic acids is 1. The molecule has 2 aliphatic heterocycles. The second-order valence-electron chi connectivity index (χ2n) is 11.2. The van der Waals surface area contributed by atoms with Gasteiger partial charge in [0.05, 0.1) is 30.3 Å². The third-order valence-corrected chi connectivity index (χ3v) is 8.75. The van der Waals surface area contributed by atoms with Crippen molar-refractivity contribution in [1.82, 2.24) is 14.5 Å². The molecule has 1 aromatic carbocycles. The number of hydrogen-bond acceptors (Lipinski definition) is 8. The Bertz CT molecular complexity index is 1570. The predicted molar refractivity (Wildman–Crippen MR) is 146 cm³/mol. The molecule has 0 spiro atoms. The van der Waals surface area contributed by atoms with Crippen molar-refractivity contribution in [3.63, 3.8) is 0 Å². The number of aromatic nitrogens is 2. The maximum absolute atomic E-state index is 15.9. The van der Waals surface area contributed by atoms with Gasteiger partial charge in [-0.3, -0.25) is 14.7 Å². The van der Waals surface area contributed by atoms with Crippen molar-refractivity contribution in [2.45, 2.75) is 57.8 Å². The summed E-state index contributed by atoms with van der Waals surface area (Å²) < 4.78 is 23.4. The summed E-state index contributed by atoms with van der Waals surface area (Å²) in [7, 11) is 1.45. The van der Waals surface area contributed by atoms with Crippen LogP contribution in [0.4, 0.5) is 10.1 Å². The zero-order valence-electron chi connectivity index (χ0n) is 22.6. The smallest absolute Gasteiger partial charge is 0.341 e. The molecule has 40 heavy (non-hydrogen) atoms. The van der Waals surface area contributed by atoms with Crippen LogP contribution in [0.2, 0.25) is 0 Å². The molecule has 0 radical (unpaired) electrons. The number of hydrogen-bond donors (Lipinski definition) is 3. The van der Waals surface area contributed by atoms with Crippen LogP contribution in [-0.4, -0.2) is 68.5 Å². The monoisotopic (exact) mass is 552 g/mol. The van der Waals surface area contributed by atoms with E-state index >= 15 is 4.39 Å². The van der Waals surface area contributed by atoms with E-state index in [1.807, 2.05) is 4.90 Å². The number of aromatic hydroxyl groups is 1. The van der Waals surface area contributed by atoms with Crippen LogP contribution in [0.1, 0.15) is 58.9 Å². The Hall–Kier alpha value is -3.70. The third kappa shape index (κ3) is 4.28. The van der Waals surface area contributed by atoms with E-state index in [1.54, 1.807) is 17.7 Å². The van der Waals surface area contributed by atoms with Crippen LogP contribution in [0.3, 0.4) is 0 Å². The van der Waals surface area contributed by atoms with Crippen LogP contribution in [0, 0.1) is 18.7 Å². The van der Waals surface area contributed by atoms with E-state index in [-0.39, 0.29) is 52.7 Å². The number of halogens is 1. The number of fused-ring (bicyclic) bond motifs is 2. The Morgan fingerprint density at radius 1 is 1.25 bits per heavy atom. The van der Waals surface area contributed by atoms with Crippen molar-refractivity contribution in [3.8, 4) is 11.5 Å². The number of anilines is 1. The molecule has 0 amide bonds. The maximum Gasteiger partial charge on any atom is 0.341 e. The summed E-state index contributed by atoms with van der Waals surface area (Å²) >= 11 is 0. The molecule has 4 heterocycles. The summed E-state index contributed by atoms with van der Waals surface area (Å²) in [5, 5.41) is 30.0. The minimum Gasteiger partial charge on any atom is -0.506 e. The van der Waals surface area contributed by atoms with Gasteiger partial charge in [-0.15, -0.1) is 0 Å². The molecule has 10 nitrogen and oxygen atoms in total. The fraction of sp³-hybridized carbons (Fsp3) is 0.483. The van der Waals surface area contributed by atoms with E-state index in [9.17, 15) is 24.9 Å². The van der Waals surface area contributed by atoms with Gasteiger partial charge >= 0.3 is 5.97 Å². The summed E-state index contributed by atoms with van der Waals surface area (Å²) in [4.78, 5) is 33.4. The SMILES string of the molecule is COc1c(N2C[C@@H]3CCCN(Cc4cnc(C)c(O)c4CO)[C@@H]3C2)c(F)cc2c(=O)c(C(=O)O)cn(C3CC3)c12. The number of methoxy groups -OCH3 is 1. The van der Waals surface area contributed by atoms with Gasteiger partial charge in [-0.1, -0.05) is 0 Å². The van der Waals surface area contributed by atoms with Gasteiger partial charge in [0.2, 0.25) is 5.43 Å². The van der Waals surface area contributed by atoms with Gasteiger partial charge in [0.1, 0.15) is 17.0 Å². The number of likely N-dealkylation sites (tertiary alicyclic amines) is 1. The number of nitrogens with zero attached hydrogens (tertiary/aromatic N) is 4. The number of carboxylic acid groups (broad SMARTS) is 1. The number of benzene rings is 1. The number of rotatable bonds is 7. The normalized spacial score (nSPS) is 21.1. The molecule has 212 valence electrons. The standard InChI is InChI=1S/C29H33FN4O6/c1-15-26(36)21(14-35)17(9-31-15)11-32-7-3-4-16-10-33(13-23(16)32)25-22(30)8-19-24(28(25)40-2)34(18-5-6-18)12-20(27(19)37)29(38)39/h8-9,12,16,18,23,35-36H,3-7,10-11,13-14H2,1-2H3,(H,38,39)/t16-,23+/m0/s1. The van der Waals surface area contributed by atoms with E-state index in [1.165, 1.54) is 13.3 Å². The highest BCUT2D eigenvalue weighted by atomic mass is 19.1. The molecule has 3 aliphatic rings. The molecule has 3 aromatic rings. The Balaban J connectivity index is 1.39. The molecule has 1 saturated carbocycles. The van der Waals surface area contributed by atoms with Gasteiger partial charge in [0.15, 0.2) is 11.6 Å². The molecule has 3 fully saturated rings. The molecule has 6 rings (SSSR count). The van der Waals surface area contributed by atoms with Crippen molar-refractivity contribution in [1.29, 1.82) is 0 Å². The number of aryl methyl sites for hydroxylation is 1. The number of aliphatic hydroxyl groups is 1. The molecule has 0 unspecified atom stereocenters. The molecule has 11 heteroatoms. The first-order valence-electron chi connectivity index (χ1n) is 13.7. The zero-order chi connectivity index (χ0) is 28.3. The van der Waals surface area contributed by atoms with Gasteiger partial charge < -0.3 is 29.5 Å². The number of carboxylic acids is 1. The third-order valence-electron chi connectivity index (χ3n) is 8.75. The van der Waals surface area contributed by atoms with Gasteiger partial charge in [-0.05, 0) is 56.7 Å². The van der Waals surface area contributed by atoms with Crippen LogP contribution in [0.25, 0.3) is 10.9 Å². The number of carbonyl (C=O) groups is 1. The van der Waals surface area contributed by atoms with E-state index in [0.717, 1.165) is 43.9 Å². The fourth-order valence-electron chi connectivity index (χ4n) is 6.59. The van der Waals surface area contributed by atoms with E-state index in [2.05, 4.69) is 9.88 Å². The lowest BCUT2D eigenvalue weighted by atomic mass is 9.91. The first kappa shape index (κ1) is 26.5. The molecule has 2 aromatic heterocycles. The lowest BCUT2D eigenvalue weighted by Crippen LogP contribution is -2.44. The summed E-state index contributed by atoms with van der Waals surface area (Å²) in [6.07, 6.45) is 6.69. The maximum atomic E-state index is 15.9. The first-order valence-corrected chi connectivity index (χ1v) is 13.7. The Morgan fingerprint density at radius 2 is 2.02 bits per heavy atom. The highest BCUT2D eigenvalue weighted by Gasteiger charge is 2.41. The second-order valence-corrected chi connectivity index (χ2v) is 11.2. The van der Waals surface area contributed by atoms with Crippen molar-refractivity contribution < 1.29 is 29.2 Å². The van der Waals surface area contributed by atoms with Crippen molar-refractivity contribution in [3.05, 3.63) is 56.9 Å². The predicted octanol–water partition coefficient (Wildman–Crippen LogP) is 3.18. The highest BCUT2D eigenvalue weighted by Crippen LogP contribution is 2.45. The lowest BCUT2D eigenvalue weighted by molar-refractivity contribution is 0.0694. The lowest BCUT2D eigenvalue weighted by Gasteiger charge is -2.37. The summed E-state index contributed by atoms with van der Waals surface area (Å²) in [6.45, 7) is 3.87. The quantitative estimate of drug-likeness (QED) is 0.405. The molecule has 1 aliphatic carbocycles. The molecule has 2 atom stereocenters. The fourth-order valence-corrected chi connectivity index (χ4v) is 6.59. The highest BCUT2D eigenvalue weighted by molar-refractivity contribution is 5.97. The van der Waals surface area contributed by atoms with E-state index in [0.29, 0.717) is 36.4 Å². The number of pyridine rings is 2. The molecule has 3 N–H and O–H groups in total. The summed E-state index contributed by atoms with van der Waals surface area (Å²) in [5.74, 6) is -1.44. The average molecular weight is 553 g/mol. The topological polar surface area (TPSA) is 128 Å². The summed E-state index contributed by atoms with van der Waals surface area (Å²) in [6, 6.07) is 1.29. The number of piperidine rings is 1. The molecular formula is C29H33FN4O6. The Labute approximate surface area is 230 Å². The summed E-state index contributed by atoms with van der Waals surface area (Å²) in [5.41, 5.74) is 1.32. The van der Waals surface area contributed by atoms with Crippen LogP contribution in [0.5, 0.6) is 11.5 Å². The minimum atomic E-state index is -1.34. The Kier molecular flexibility index (Phi) is 6.66. The van der Waals surface area contributed by atoms with Crippen LogP contribution < -0.4 is 15.1 Å². The first-order chi connectivity index (χ1) is 19.2. The number of aliphatic hydroxyl groups excluding tert-OH is 1.